The van der Waals surface area contributed by atoms with Crippen LogP contribution >= 0.6 is 11.6 Å². The molecular weight excluding hydrogens is 286 g/mol. The monoisotopic (exact) mass is 305 g/mol. The predicted octanol–water partition coefficient (Wildman–Crippen LogP) is 1.47. The van der Waals surface area contributed by atoms with Crippen molar-refractivity contribution in [2.75, 3.05) is 26.2 Å². The molecule has 1 aromatic heterocycles. The van der Waals surface area contributed by atoms with Gasteiger partial charge in [0.25, 0.3) is 0 Å². The molecule has 0 spiro atoms. The highest BCUT2D eigenvalue weighted by molar-refractivity contribution is 7.89. The van der Waals surface area contributed by atoms with Crippen LogP contribution in [0.15, 0.2) is 17.2 Å². The molecule has 1 aromatic rings. The third kappa shape index (κ3) is 2.97. The van der Waals surface area contributed by atoms with Gasteiger partial charge < -0.3 is 4.98 Å². The van der Waals surface area contributed by atoms with Crippen molar-refractivity contribution in [2.24, 2.45) is 0 Å². The lowest BCUT2D eigenvalue weighted by Crippen LogP contribution is -2.53. The van der Waals surface area contributed by atoms with Gasteiger partial charge in [0.2, 0.25) is 10.0 Å². The van der Waals surface area contributed by atoms with E-state index in [1.807, 2.05) is 0 Å². The Morgan fingerprint density at radius 1 is 1.47 bits per heavy atom. The Morgan fingerprint density at radius 2 is 2.21 bits per heavy atom. The first-order chi connectivity index (χ1) is 8.98. The lowest BCUT2D eigenvalue weighted by atomic mass is 10.2. The number of rotatable bonds is 4. The van der Waals surface area contributed by atoms with Gasteiger partial charge in [0.15, 0.2) is 0 Å². The molecule has 7 heteroatoms. The van der Waals surface area contributed by atoms with E-state index in [9.17, 15) is 8.42 Å². The summed E-state index contributed by atoms with van der Waals surface area (Å²) < 4.78 is 26.6. The van der Waals surface area contributed by atoms with Crippen LogP contribution < -0.4 is 0 Å². The highest BCUT2D eigenvalue weighted by atomic mass is 35.5. The summed E-state index contributed by atoms with van der Waals surface area (Å²) in [5.41, 5.74) is 0.723. The Kier molecular flexibility index (Phi) is 4.55. The molecule has 2 heterocycles. The second kappa shape index (κ2) is 5.83. The van der Waals surface area contributed by atoms with Crippen molar-refractivity contribution in [2.45, 2.75) is 30.7 Å². The van der Waals surface area contributed by atoms with Crippen molar-refractivity contribution in [3.05, 3.63) is 18.0 Å². The number of aromatic amines is 1. The number of hydrogen-bond donors (Lipinski definition) is 1. The maximum absolute atomic E-state index is 12.5. The van der Waals surface area contributed by atoms with Crippen LogP contribution in [0.3, 0.4) is 0 Å². The topological polar surface area (TPSA) is 56.4 Å². The quantitative estimate of drug-likeness (QED) is 0.857. The maximum atomic E-state index is 12.5. The summed E-state index contributed by atoms with van der Waals surface area (Å²) in [5.74, 6) is 0.287. The van der Waals surface area contributed by atoms with Crippen LogP contribution in [0.2, 0.25) is 0 Å². The number of piperazine rings is 1. The minimum Gasteiger partial charge on any atom is -0.363 e. The van der Waals surface area contributed by atoms with Gasteiger partial charge in [-0.05, 0) is 19.5 Å². The first-order valence-electron chi connectivity index (χ1n) is 6.46. The fraction of sp³-hybridized carbons (Fsp3) is 0.667. The van der Waals surface area contributed by atoms with Crippen molar-refractivity contribution < 1.29 is 8.42 Å². The van der Waals surface area contributed by atoms with Gasteiger partial charge in [-0.1, -0.05) is 6.92 Å². The smallest absolute Gasteiger partial charge is 0.244 e. The average Bonchev–Trinajstić information content (AvgIpc) is 2.88. The Balaban J connectivity index is 2.17. The normalized spacial score (nSPS) is 22.8. The summed E-state index contributed by atoms with van der Waals surface area (Å²) in [6.45, 7) is 6.98. The molecule has 1 atom stereocenters. The summed E-state index contributed by atoms with van der Waals surface area (Å²) in [4.78, 5) is 5.47. The van der Waals surface area contributed by atoms with Crippen LogP contribution in [0.5, 0.6) is 0 Å². The maximum Gasteiger partial charge on any atom is 0.244 e. The van der Waals surface area contributed by atoms with E-state index < -0.39 is 10.0 Å². The molecule has 2 rings (SSSR count). The molecule has 0 aromatic carbocycles. The molecule has 0 saturated carbocycles. The van der Waals surface area contributed by atoms with Gasteiger partial charge in [0.05, 0.1) is 10.8 Å². The van der Waals surface area contributed by atoms with E-state index in [2.05, 4.69) is 23.7 Å². The van der Waals surface area contributed by atoms with Gasteiger partial charge in [-0.25, -0.2) is 8.42 Å². The van der Waals surface area contributed by atoms with Gasteiger partial charge in [-0.3, -0.25) is 4.90 Å². The fourth-order valence-corrected chi connectivity index (χ4v) is 4.13. The third-order valence-electron chi connectivity index (χ3n) is 3.63. The molecule has 0 aliphatic carbocycles. The molecule has 1 N–H and O–H groups in total. The molecule has 1 fully saturated rings. The van der Waals surface area contributed by atoms with Crippen molar-refractivity contribution >= 4 is 21.6 Å². The molecule has 1 saturated heterocycles. The standard InChI is InChI=1S/C12H20ClN3O2S/c1-3-15-4-5-16(9-10(15)2)19(17,18)12-6-11(7-13)14-8-12/h6,8,10,14H,3-5,7,9H2,1-2H3. The number of hydrogen-bond acceptors (Lipinski definition) is 3. The van der Waals surface area contributed by atoms with E-state index in [1.54, 1.807) is 10.4 Å². The SMILES string of the molecule is CCN1CCN(S(=O)(=O)c2c[nH]c(CCl)c2)CC1C. The lowest BCUT2D eigenvalue weighted by molar-refractivity contribution is 0.135. The molecular formula is C12H20ClN3O2S. The van der Waals surface area contributed by atoms with E-state index in [0.717, 1.165) is 18.8 Å². The average molecular weight is 306 g/mol. The first kappa shape index (κ1) is 14.8. The molecule has 1 aliphatic rings. The molecule has 5 nitrogen and oxygen atoms in total. The van der Waals surface area contributed by atoms with Gasteiger partial charge in [0.1, 0.15) is 0 Å². The van der Waals surface area contributed by atoms with E-state index in [0.29, 0.717) is 18.0 Å². The highest BCUT2D eigenvalue weighted by Gasteiger charge is 2.32. The largest absolute Gasteiger partial charge is 0.363 e. The Labute approximate surface area is 119 Å². The summed E-state index contributed by atoms with van der Waals surface area (Å²) in [5, 5.41) is 0. The second-order valence-corrected chi connectivity index (χ2v) is 7.04. The number of nitrogens with one attached hydrogen (secondary N) is 1. The molecule has 1 aliphatic heterocycles. The molecule has 0 bridgehead atoms. The van der Waals surface area contributed by atoms with Crippen LogP contribution in [-0.4, -0.2) is 54.8 Å². The molecule has 0 radical (unpaired) electrons. The fourth-order valence-electron chi connectivity index (χ4n) is 2.44. The van der Waals surface area contributed by atoms with E-state index in [-0.39, 0.29) is 11.9 Å². The number of alkyl halides is 1. The van der Waals surface area contributed by atoms with Gasteiger partial charge in [-0.15, -0.1) is 11.6 Å². The zero-order chi connectivity index (χ0) is 14.0. The number of likely N-dealkylation sites (N-methyl/N-ethyl adjacent to an activating group) is 1. The Bertz CT molecular complexity index is 529. The third-order valence-corrected chi connectivity index (χ3v) is 5.76. The zero-order valence-corrected chi connectivity index (χ0v) is 12.8. The summed E-state index contributed by atoms with van der Waals surface area (Å²) in [6.07, 6.45) is 1.52. The van der Waals surface area contributed by atoms with Crippen molar-refractivity contribution in [1.29, 1.82) is 0 Å². The van der Waals surface area contributed by atoms with Gasteiger partial charge in [0, 0.05) is 37.6 Å². The number of H-pyrrole nitrogens is 1. The molecule has 19 heavy (non-hydrogen) atoms. The number of sulfonamides is 1. The molecule has 1 unspecified atom stereocenters. The van der Waals surface area contributed by atoms with Crippen LogP contribution in [0.25, 0.3) is 0 Å². The van der Waals surface area contributed by atoms with Crippen molar-refractivity contribution in [3.8, 4) is 0 Å². The van der Waals surface area contributed by atoms with E-state index >= 15 is 0 Å². The summed E-state index contributed by atoms with van der Waals surface area (Å²) >= 11 is 5.69. The number of halogens is 1. The first-order valence-corrected chi connectivity index (χ1v) is 8.44. The van der Waals surface area contributed by atoms with Crippen LogP contribution in [0, 0.1) is 0 Å². The Hall–Kier alpha value is -0.560. The highest BCUT2D eigenvalue weighted by Crippen LogP contribution is 2.21. The lowest BCUT2D eigenvalue weighted by Gasteiger charge is -2.38. The minimum absolute atomic E-state index is 0.250. The predicted molar refractivity (Wildman–Crippen MR) is 75.8 cm³/mol. The van der Waals surface area contributed by atoms with Gasteiger partial charge in [-0.2, -0.15) is 4.31 Å². The van der Waals surface area contributed by atoms with Crippen LogP contribution in [-0.2, 0) is 15.9 Å². The van der Waals surface area contributed by atoms with Gasteiger partial charge >= 0.3 is 0 Å². The van der Waals surface area contributed by atoms with Crippen molar-refractivity contribution in [1.82, 2.24) is 14.2 Å². The number of aromatic nitrogens is 1. The van der Waals surface area contributed by atoms with E-state index in [4.69, 9.17) is 11.6 Å². The van der Waals surface area contributed by atoms with E-state index in [1.165, 1.54) is 6.20 Å². The molecule has 108 valence electrons. The molecule has 0 amide bonds. The zero-order valence-electron chi connectivity index (χ0n) is 11.3. The van der Waals surface area contributed by atoms with Crippen LogP contribution in [0.1, 0.15) is 19.5 Å². The Morgan fingerprint density at radius 3 is 2.74 bits per heavy atom. The number of nitrogens with zero attached hydrogens (tertiary/aromatic N) is 2. The summed E-state index contributed by atoms with van der Waals surface area (Å²) in [6, 6.07) is 1.86. The summed E-state index contributed by atoms with van der Waals surface area (Å²) in [7, 11) is -3.40. The van der Waals surface area contributed by atoms with Crippen molar-refractivity contribution in [3.63, 3.8) is 0 Å². The van der Waals surface area contributed by atoms with Crippen LogP contribution in [0.4, 0.5) is 0 Å². The second-order valence-electron chi connectivity index (χ2n) is 4.83. The minimum atomic E-state index is -3.40.